The maximum atomic E-state index is 9.10. The molecule has 0 aromatic heterocycles. The fourth-order valence-corrected chi connectivity index (χ4v) is 1.28. The summed E-state index contributed by atoms with van der Waals surface area (Å²) in [5, 5.41) is 9.10. The average Bonchev–Trinajstić information content (AvgIpc) is 2.20. The van der Waals surface area contributed by atoms with Gasteiger partial charge in [-0.25, -0.2) is 0 Å². The summed E-state index contributed by atoms with van der Waals surface area (Å²) in [5.41, 5.74) is 2.29. The third-order valence-electron chi connectivity index (χ3n) is 1.97. The summed E-state index contributed by atoms with van der Waals surface area (Å²) in [6, 6.07) is 17.3. The molecular weight excluding hydrogens is 293 g/mol. The molecule has 0 atom stereocenters. The van der Waals surface area contributed by atoms with E-state index in [-0.39, 0.29) is 68.9 Å². The monoisotopic (exact) mass is 304 g/mol. The molecule has 0 amide bonds. The molecule has 1 nitrogen and oxygen atoms in total. The number of phenols is 1. The third kappa shape index (κ3) is 3.15. The summed E-state index contributed by atoms with van der Waals surface area (Å²) >= 11 is 0. The van der Waals surface area contributed by atoms with Crippen LogP contribution in [0.3, 0.4) is 0 Å². The van der Waals surface area contributed by atoms with Gasteiger partial charge >= 0.3 is 68.9 Å². The van der Waals surface area contributed by atoms with Gasteiger partial charge in [0.1, 0.15) is 5.75 Å². The average molecular weight is 304 g/mol. The zero-order chi connectivity index (χ0) is 9.10. The Morgan fingerprint density at radius 2 is 1.14 bits per heavy atom. The first kappa shape index (κ1) is 12.4. The van der Waals surface area contributed by atoms with Gasteiger partial charge in [-0.2, -0.15) is 0 Å². The van der Waals surface area contributed by atoms with Crippen LogP contribution in [0.5, 0.6) is 5.75 Å². The standard InChI is InChI=1S/C12H10O.Cs.H/c13-12-8-6-11(7-9-12)10-4-2-1-3-5-10;;/h1-9,13H;;. The quantitative estimate of drug-likeness (QED) is 0.858. The van der Waals surface area contributed by atoms with E-state index in [1.807, 2.05) is 42.5 Å². The summed E-state index contributed by atoms with van der Waals surface area (Å²) in [5.74, 6) is 0.305. The van der Waals surface area contributed by atoms with E-state index in [2.05, 4.69) is 0 Å². The Labute approximate surface area is 143 Å². The van der Waals surface area contributed by atoms with Crippen molar-refractivity contribution >= 4 is 68.9 Å². The molecule has 2 aromatic carbocycles. The van der Waals surface area contributed by atoms with Crippen molar-refractivity contribution in [1.82, 2.24) is 0 Å². The van der Waals surface area contributed by atoms with Crippen LogP contribution in [0, 0.1) is 0 Å². The number of hydrogen-bond donors (Lipinski definition) is 1. The minimum atomic E-state index is 0. The third-order valence-corrected chi connectivity index (χ3v) is 1.97. The van der Waals surface area contributed by atoms with Gasteiger partial charge in [-0.3, -0.25) is 0 Å². The van der Waals surface area contributed by atoms with E-state index >= 15 is 0 Å². The molecule has 2 heteroatoms. The van der Waals surface area contributed by atoms with E-state index in [0.29, 0.717) is 5.75 Å². The van der Waals surface area contributed by atoms with Gasteiger partial charge in [-0.05, 0) is 23.3 Å². The van der Waals surface area contributed by atoms with Crippen molar-refractivity contribution in [3.8, 4) is 16.9 Å². The van der Waals surface area contributed by atoms with Crippen molar-refractivity contribution < 1.29 is 5.11 Å². The molecule has 2 rings (SSSR count). The van der Waals surface area contributed by atoms with E-state index in [4.69, 9.17) is 5.11 Å². The van der Waals surface area contributed by atoms with Crippen LogP contribution >= 0.6 is 0 Å². The zero-order valence-corrected chi connectivity index (χ0v) is 7.14. The topological polar surface area (TPSA) is 20.2 Å². The predicted molar refractivity (Wildman–Crippen MR) is 60.7 cm³/mol. The molecule has 0 saturated heterocycles. The van der Waals surface area contributed by atoms with Gasteiger partial charge in [0.2, 0.25) is 0 Å². The molecule has 0 fully saturated rings. The van der Waals surface area contributed by atoms with Crippen LogP contribution < -0.4 is 0 Å². The Morgan fingerprint density at radius 3 is 1.71 bits per heavy atom. The van der Waals surface area contributed by atoms with Crippen molar-refractivity contribution in [2.75, 3.05) is 0 Å². The van der Waals surface area contributed by atoms with Crippen LogP contribution in [0.2, 0.25) is 0 Å². The Hall–Kier alpha value is 0.292. The summed E-state index contributed by atoms with van der Waals surface area (Å²) in [7, 11) is 0. The van der Waals surface area contributed by atoms with Crippen LogP contribution in [0.1, 0.15) is 0 Å². The Kier molecular flexibility index (Phi) is 5.30. The number of aromatic hydroxyl groups is 1. The van der Waals surface area contributed by atoms with Gasteiger partial charge in [-0.1, -0.05) is 42.5 Å². The van der Waals surface area contributed by atoms with E-state index in [1.54, 1.807) is 12.1 Å². The second-order valence-electron chi connectivity index (χ2n) is 2.91. The fourth-order valence-electron chi connectivity index (χ4n) is 1.28. The Morgan fingerprint density at radius 1 is 0.643 bits per heavy atom. The first-order chi connectivity index (χ1) is 6.36. The van der Waals surface area contributed by atoms with Crippen LogP contribution in [0.4, 0.5) is 0 Å². The zero-order valence-electron chi connectivity index (χ0n) is 7.14. The molecule has 0 spiro atoms. The van der Waals surface area contributed by atoms with Crippen LogP contribution in [-0.4, -0.2) is 74.0 Å². The molecule has 14 heavy (non-hydrogen) atoms. The van der Waals surface area contributed by atoms with Crippen molar-refractivity contribution in [3.63, 3.8) is 0 Å². The fraction of sp³-hybridized carbons (Fsp3) is 0. The summed E-state index contributed by atoms with van der Waals surface area (Å²) in [6.45, 7) is 0. The predicted octanol–water partition coefficient (Wildman–Crippen LogP) is 2.41. The van der Waals surface area contributed by atoms with Gasteiger partial charge in [-0.15, -0.1) is 0 Å². The molecule has 0 aliphatic carbocycles. The Balaban J connectivity index is 0.000000980. The molecule has 0 aliphatic rings. The minimum absolute atomic E-state index is 0. The summed E-state index contributed by atoms with van der Waals surface area (Å²) in [6.07, 6.45) is 0. The maximum absolute atomic E-state index is 9.10. The van der Waals surface area contributed by atoms with E-state index in [9.17, 15) is 0 Å². The molecule has 0 saturated carbocycles. The molecule has 0 heterocycles. The molecule has 0 unspecified atom stereocenters. The number of benzene rings is 2. The van der Waals surface area contributed by atoms with Gasteiger partial charge in [0.15, 0.2) is 0 Å². The second-order valence-corrected chi connectivity index (χ2v) is 2.91. The Bertz CT molecular complexity index is 381. The molecule has 66 valence electrons. The molecular formula is C12H11CsO. The van der Waals surface area contributed by atoms with Crippen molar-refractivity contribution in [1.29, 1.82) is 0 Å². The number of hydrogen-bond acceptors (Lipinski definition) is 1. The van der Waals surface area contributed by atoms with Gasteiger partial charge in [0.25, 0.3) is 0 Å². The number of phenolic OH excluding ortho intramolecular Hbond substituents is 1. The SMILES string of the molecule is Oc1ccc(-c2ccccc2)cc1.[CsH]. The van der Waals surface area contributed by atoms with Gasteiger partial charge in [0.05, 0.1) is 0 Å². The first-order valence-corrected chi connectivity index (χ1v) is 4.21. The molecule has 0 bridgehead atoms. The van der Waals surface area contributed by atoms with Crippen molar-refractivity contribution in [2.45, 2.75) is 0 Å². The summed E-state index contributed by atoms with van der Waals surface area (Å²) < 4.78 is 0. The van der Waals surface area contributed by atoms with Gasteiger partial charge in [0, 0.05) is 0 Å². The van der Waals surface area contributed by atoms with E-state index < -0.39 is 0 Å². The van der Waals surface area contributed by atoms with Crippen LogP contribution in [-0.2, 0) is 0 Å². The van der Waals surface area contributed by atoms with Gasteiger partial charge < -0.3 is 5.11 Å². The molecule has 2 aromatic rings. The number of rotatable bonds is 1. The van der Waals surface area contributed by atoms with Crippen molar-refractivity contribution in [2.24, 2.45) is 0 Å². The van der Waals surface area contributed by atoms with E-state index in [0.717, 1.165) is 5.56 Å². The first-order valence-electron chi connectivity index (χ1n) is 4.21. The van der Waals surface area contributed by atoms with Crippen LogP contribution in [0.15, 0.2) is 54.6 Å². The molecule has 0 radical (unpaired) electrons. The second kappa shape index (κ2) is 6.00. The normalized spacial score (nSPS) is 9.14. The van der Waals surface area contributed by atoms with Crippen molar-refractivity contribution in [3.05, 3.63) is 54.6 Å². The van der Waals surface area contributed by atoms with E-state index in [1.165, 1.54) is 5.56 Å². The summed E-state index contributed by atoms with van der Waals surface area (Å²) in [4.78, 5) is 0. The van der Waals surface area contributed by atoms with Crippen LogP contribution in [0.25, 0.3) is 11.1 Å². The molecule has 0 aliphatic heterocycles. The molecule has 1 N–H and O–H groups in total.